The van der Waals surface area contributed by atoms with Crippen molar-refractivity contribution >= 4 is 38.9 Å². The zero-order valence-electron chi connectivity index (χ0n) is 8.14. The van der Waals surface area contributed by atoms with Crippen LogP contribution in [-0.2, 0) is 0 Å². The number of aromatic nitrogens is 2. The summed E-state index contributed by atoms with van der Waals surface area (Å²) in [6, 6.07) is 2.09. The number of hydrogen-bond acceptors (Lipinski definition) is 3. The van der Waals surface area contributed by atoms with Crippen LogP contribution >= 0.6 is 27.3 Å². The Balaban J connectivity index is 2.28. The third-order valence-corrected chi connectivity index (χ3v) is 3.46. The first-order chi connectivity index (χ1) is 7.25. The molecular weight excluding hydrogens is 272 g/mol. The van der Waals surface area contributed by atoms with E-state index < -0.39 is 0 Å². The fraction of sp³-hybridized carbons (Fsp3) is 0.0909. The first kappa shape index (κ1) is 10.5. The smallest absolute Gasteiger partial charge is 0.0842 e. The van der Waals surface area contributed by atoms with Gasteiger partial charge in [0.05, 0.1) is 15.7 Å². The van der Waals surface area contributed by atoms with Gasteiger partial charge in [-0.2, -0.15) is 0 Å². The van der Waals surface area contributed by atoms with Crippen LogP contribution < -0.4 is 0 Å². The standard InChI is InChI=1S/C11H9BrN2S/c1-8(10-6-13-2-3-14-10)4-9-5-11(12)15-7-9/h2-7H,1H3/b8-4+. The van der Waals surface area contributed by atoms with Crippen LogP contribution in [0.1, 0.15) is 18.2 Å². The number of nitrogens with zero attached hydrogens (tertiary/aromatic N) is 2. The van der Waals surface area contributed by atoms with Gasteiger partial charge in [0.2, 0.25) is 0 Å². The van der Waals surface area contributed by atoms with E-state index in [0.717, 1.165) is 15.1 Å². The van der Waals surface area contributed by atoms with Gasteiger partial charge in [0.1, 0.15) is 0 Å². The third kappa shape index (κ3) is 2.73. The van der Waals surface area contributed by atoms with Crippen molar-refractivity contribution in [2.45, 2.75) is 6.92 Å². The molecule has 4 heteroatoms. The minimum Gasteiger partial charge on any atom is -0.261 e. The molecule has 2 rings (SSSR count). The molecular formula is C11H9BrN2S. The normalized spacial score (nSPS) is 11.7. The van der Waals surface area contributed by atoms with Gasteiger partial charge in [-0.25, -0.2) is 0 Å². The summed E-state index contributed by atoms with van der Waals surface area (Å²) >= 11 is 5.12. The van der Waals surface area contributed by atoms with Crippen molar-refractivity contribution in [2.75, 3.05) is 0 Å². The molecule has 0 aliphatic carbocycles. The predicted octanol–water partition coefficient (Wildman–Crippen LogP) is 3.86. The Morgan fingerprint density at radius 2 is 2.33 bits per heavy atom. The second kappa shape index (κ2) is 4.68. The lowest BCUT2D eigenvalue weighted by Gasteiger charge is -1.97. The molecule has 0 radical (unpaired) electrons. The monoisotopic (exact) mass is 280 g/mol. The second-order valence-corrected chi connectivity index (χ2v) is 5.39. The average molecular weight is 281 g/mol. The Hall–Kier alpha value is -1.00. The lowest BCUT2D eigenvalue weighted by atomic mass is 10.1. The Bertz CT molecular complexity index is 476. The summed E-state index contributed by atoms with van der Waals surface area (Å²) in [7, 11) is 0. The van der Waals surface area contributed by atoms with E-state index in [-0.39, 0.29) is 0 Å². The lowest BCUT2D eigenvalue weighted by molar-refractivity contribution is 1.17. The van der Waals surface area contributed by atoms with Crippen molar-refractivity contribution in [2.24, 2.45) is 0 Å². The van der Waals surface area contributed by atoms with E-state index in [2.05, 4.69) is 43.4 Å². The predicted molar refractivity (Wildman–Crippen MR) is 67.6 cm³/mol. The van der Waals surface area contributed by atoms with Gasteiger partial charge in [-0.1, -0.05) is 0 Å². The first-order valence-electron chi connectivity index (χ1n) is 4.44. The van der Waals surface area contributed by atoms with E-state index in [9.17, 15) is 0 Å². The molecule has 15 heavy (non-hydrogen) atoms. The van der Waals surface area contributed by atoms with Gasteiger partial charge in [-0.15, -0.1) is 11.3 Å². The zero-order valence-corrected chi connectivity index (χ0v) is 10.5. The third-order valence-electron chi connectivity index (χ3n) is 1.94. The second-order valence-electron chi connectivity index (χ2n) is 3.10. The van der Waals surface area contributed by atoms with E-state index in [4.69, 9.17) is 0 Å². The Labute approximate surface area is 101 Å². The largest absolute Gasteiger partial charge is 0.261 e. The number of halogens is 1. The summed E-state index contributed by atoms with van der Waals surface area (Å²) < 4.78 is 1.14. The summed E-state index contributed by atoms with van der Waals surface area (Å²) in [6.45, 7) is 2.04. The van der Waals surface area contributed by atoms with Crippen LogP contribution in [0, 0.1) is 0 Å². The molecule has 0 amide bonds. The number of hydrogen-bond donors (Lipinski definition) is 0. The van der Waals surface area contributed by atoms with E-state index in [1.165, 1.54) is 5.56 Å². The van der Waals surface area contributed by atoms with E-state index in [0.29, 0.717) is 0 Å². The van der Waals surface area contributed by atoms with Gasteiger partial charge in [0.15, 0.2) is 0 Å². The highest BCUT2D eigenvalue weighted by Gasteiger charge is 1.98. The molecule has 0 spiro atoms. The fourth-order valence-corrected chi connectivity index (χ4v) is 2.36. The summed E-state index contributed by atoms with van der Waals surface area (Å²) in [4.78, 5) is 8.29. The molecule has 0 atom stereocenters. The molecule has 76 valence electrons. The number of rotatable bonds is 2. The molecule has 0 aliphatic rings. The molecule has 0 fully saturated rings. The molecule has 0 unspecified atom stereocenters. The van der Waals surface area contributed by atoms with Crippen molar-refractivity contribution in [1.29, 1.82) is 0 Å². The minimum atomic E-state index is 0.917. The topological polar surface area (TPSA) is 25.8 Å². The van der Waals surface area contributed by atoms with Crippen LogP contribution in [0.3, 0.4) is 0 Å². The van der Waals surface area contributed by atoms with Crippen molar-refractivity contribution in [3.63, 3.8) is 0 Å². The van der Waals surface area contributed by atoms with E-state index >= 15 is 0 Å². The summed E-state index contributed by atoms with van der Waals surface area (Å²) in [5.41, 5.74) is 3.23. The van der Waals surface area contributed by atoms with Gasteiger partial charge >= 0.3 is 0 Å². The van der Waals surface area contributed by atoms with Crippen LogP contribution in [0.25, 0.3) is 11.6 Å². The molecule has 0 saturated carbocycles. The van der Waals surface area contributed by atoms with Gasteiger partial charge in [0, 0.05) is 12.4 Å². The molecule has 0 N–H and O–H groups in total. The quantitative estimate of drug-likeness (QED) is 0.835. The Morgan fingerprint density at radius 3 is 2.93 bits per heavy atom. The van der Waals surface area contributed by atoms with Crippen LogP contribution in [0.5, 0.6) is 0 Å². The minimum absolute atomic E-state index is 0.917. The molecule has 2 aromatic heterocycles. The molecule has 2 nitrogen and oxygen atoms in total. The van der Waals surface area contributed by atoms with Gasteiger partial charge in [-0.3, -0.25) is 9.97 Å². The summed E-state index contributed by atoms with van der Waals surface area (Å²) in [6.07, 6.45) is 7.26. The van der Waals surface area contributed by atoms with Gasteiger partial charge in [-0.05, 0) is 51.5 Å². The molecule has 0 aliphatic heterocycles. The Kier molecular flexibility index (Phi) is 3.28. The van der Waals surface area contributed by atoms with Crippen molar-refractivity contribution in [3.05, 3.63) is 45.1 Å². The maximum Gasteiger partial charge on any atom is 0.0842 e. The van der Waals surface area contributed by atoms with E-state index in [1.807, 2.05) is 6.92 Å². The highest BCUT2D eigenvalue weighted by atomic mass is 79.9. The molecule has 2 heterocycles. The van der Waals surface area contributed by atoms with Crippen LogP contribution in [0.15, 0.2) is 33.8 Å². The maximum absolute atomic E-state index is 4.24. The van der Waals surface area contributed by atoms with Crippen molar-refractivity contribution in [3.8, 4) is 0 Å². The van der Waals surface area contributed by atoms with Crippen LogP contribution in [0.2, 0.25) is 0 Å². The van der Waals surface area contributed by atoms with Gasteiger partial charge < -0.3 is 0 Å². The molecule has 0 bridgehead atoms. The SMILES string of the molecule is C/C(=C\c1csc(Br)c1)c1cnccn1. The highest BCUT2D eigenvalue weighted by molar-refractivity contribution is 9.11. The Morgan fingerprint density at radius 1 is 1.47 bits per heavy atom. The summed E-state index contributed by atoms with van der Waals surface area (Å²) in [5, 5.41) is 2.10. The number of thiophene rings is 1. The van der Waals surface area contributed by atoms with Gasteiger partial charge in [0.25, 0.3) is 0 Å². The fourth-order valence-electron chi connectivity index (χ4n) is 1.23. The van der Waals surface area contributed by atoms with Crippen LogP contribution in [0.4, 0.5) is 0 Å². The van der Waals surface area contributed by atoms with Crippen LogP contribution in [-0.4, -0.2) is 9.97 Å². The number of allylic oxidation sites excluding steroid dienone is 1. The molecule has 2 aromatic rings. The molecule has 0 aromatic carbocycles. The van der Waals surface area contributed by atoms with Crippen molar-refractivity contribution in [1.82, 2.24) is 9.97 Å². The van der Waals surface area contributed by atoms with E-state index in [1.54, 1.807) is 29.9 Å². The molecule has 0 saturated heterocycles. The lowest BCUT2D eigenvalue weighted by Crippen LogP contribution is -1.85. The summed E-state index contributed by atoms with van der Waals surface area (Å²) in [5.74, 6) is 0. The maximum atomic E-state index is 4.24. The average Bonchev–Trinajstić information content (AvgIpc) is 2.65. The van der Waals surface area contributed by atoms with Crippen molar-refractivity contribution < 1.29 is 0 Å². The highest BCUT2D eigenvalue weighted by Crippen LogP contribution is 2.24. The first-order valence-corrected chi connectivity index (χ1v) is 6.12. The zero-order chi connectivity index (χ0) is 10.7.